The molecule has 0 spiro atoms. The number of carbonyl (C=O) groups excluding carboxylic acids is 1. The third kappa shape index (κ3) is 3.39. The number of amides is 1. The van der Waals surface area contributed by atoms with Crippen LogP contribution in [0.15, 0.2) is 12.4 Å². The van der Waals surface area contributed by atoms with E-state index < -0.39 is 5.60 Å². The number of anilines is 1. The van der Waals surface area contributed by atoms with Gasteiger partial charge in [-0.3, -0.25) is 9.78 Å². The van der Waals surface area contributed by atoms with E-state index in [0.717, 1.165) is 6.42 Å². The van der Waals surface area contributed by atoms with Gasteiger partial charge in [0.05, 0.1) is 18.0 Å². The summed E-state index contributed by atoms with van der Waals surface area (Å²) in [6.45, 7) is 2.95. The summed E-state index contributed by atoms with van der Waals surface area (Å²) in [6, 6.07) is 0. The Labute approximate surface area is 111 Å². The number of hydrogen-bond donors (Lipinski definition) is 3. The number of hydrazine groups is 1. The molecule has 0 bridgehead atoms. The lowest BCUT2D eigenvalue weighted by Crippen LogP contribution is -2.34. The van der Waals surface area contributed by atoms with Crippen molar-refractivity contribution in [2.45, 2.75) is 31.8 Å². The molecule has 104 valence electrons. The molecule has 0 aromatic carbocycles. The third-order valence-electron chi connectivity index (χ3n) is 3.35. The minimum Gasteiger partial charge on any atom is -0.390 e. The maximum absolute atomic E-state index is 12.3. The molecular weight excluding hydrogens is 246 g/mol. The fourth-order valence-corrected chi connectivity index (χ4v) is 2.17. The minimum atomic E-state index is -0.693. The zero-order valence-corrected chi connectivity index (χ0v) is 11.0. The maximum Gasteiger partial charge on any atom is 0.274 e. The highest BCUT2D eigenvalue weighted by Gasteiger charge is 2.28. The van der Waals surface area contributed by atoms with Gasteiger partial charge in [0.15, 0.2) is 5.82 Å². The average Bonchev–Trinajstić information content (AvgIpc) is 2.59. The van der Waals surface area contributed by atoms with Crippen molar-refractivity contribution in [2.75, 3.05) is 18.5 Å². The number of likely N-dealkylation sites (tertiary alicyclic amines) is 1. The van der Waals surface area contributed by atoms with Crippen LogP contribution in [0.4, 0.5) is 5.82 Å². The van der Waals surface area contributed by atoms with Crippen molar-refractivity contribution < 1.29 is 9.90 Å². The molecule has 1 fully saturated rings. The lowest BCUT2D eigenvalue weighted by molar-refractivity contribution is 0.0437. The van der Waals surface area contributed by atoms with Crippen molar-refractivity contribution in [3.05, 3.63) is 18.1 Å². The monoisotopic (exact) mass is 265 g/mol. The van der Waals surface area contributed by atoms with Crippen LogP contribution in [0.25, 0.3) is 0 Å². The molecule has 0 saturated carbocycles. The quantitative estimate of drug-likeness (QED) is 0.519. The SMILES string of the molecule is CC1(O)CCCN(C(=O)c2cncc(NN)n2)CC1. The first-order chi connectivity index (χ1) is 9.02. The van der Waals surface area contributed by atoms with Crippen LogP contribution in [0.5, 0.6) is 0 Å². The van der Waals surface area contributed by atoms with Gasteiger partial charge in [0.2, 0.25) is 0 Å². The highest BCUT2D eigenvalue weighted by Crippen LogP contribution is 2.22. The van der Waals surface area contributed by atoms with Crippen molar-refractivity contribution in [1.29, 1.82) is 0 Å². The number of hydrogen-bond acceptors (Lipinski definition) is 6. The molecule has 1 atom stereocenters. The Kier molecular flexibility index (Phi) is 3.96. The standard InChI is InChI=1S/C12H19N5O2/c1-12(19)3-2-5-17(6-4-12)11(18)9-7-14-8-10(15-9)16-13/h7-8,19H,2-6,13H2,1H3,(H,15,16). The van der Waals surface area contributed by atoms with Crippen LogP contribution in [-0.2, 0) is 0 Å². The van der Waals surface area contributed by atoms with E-state index in [1.165, 1.54) is 12.4 Å². The van der Waals surface area contributed by atoms with E-state index in [9.17, 15) is 9.90 Å². The van der Waals surface area contributed by atoms with Gasteiger partial charge < -0.3 is 15.4 Å². The molecule has 19 heavy (non-hydrogen) atoms. The largest absolute Gasteiger partial charge is 0.390 e. The van der Waals surface area contributed by atoms with E-state index in [0.29, 0.717) is 31.7 Å². The number of nitrogens with two attached hydrogens (primary N) is 1. The Morgan fingerprint density at radius 2 is 2.26 bits per heavy atom. The molecule has 0 radical (unpaired) electrons. The Balaban J connectivity index is 2.10. The first kappa shape index (κ1) is 13.7. The molecule has 1 aromatic heterocycles. The summed E-state index contributed by atoms with van der Waals surface area (Å²) in [5, 5.41) is 10.0. The predicted octanol–water partition coefficient (Wildman–Crippen LogP) is 0.139. The van der Waals surface area contributed by atoms with Gasteiger partial charge in [-0.15, -0.1) is 0 Å². The number of aromatic nitrogens is 2. The Hall–Kier alpha value is -1.73. The van der Waals surface area contributed by atoms with Crippen LogP contribution in [0.3, 0.4) is 0 Å². The molecule has 7 nitrogen and oxygen atoms in total. The average molecular weight is 265 g/mol. The second-order valence-corrected chi connectivity index (χ2v) is 5.08. The zero-order valence-electron chi connectivity index (χ0n) is 11.0. The summed E-state index contributed by atoms with van der Waals surface area (Å²) in [5.41, 5.74) is 1.93. The Morgan fingerprint density at radius 1 is 1.47 bits per heavy atom. The van der Waals surface area contributed by atoms with Gasteiger partial charge in [0.25, 0.3) is 5.91 Å². The normalized spacial score (nSPS) is 23.8. The number of nitrogen functional groups attached to an aromatic ring is 1. The van der Waals surface area contributed by atoms with Gasteiger partial charge in [0, 0.05) is 13.1 Å². The minimum absolute atomic E-state index is 0.178. The van der Waals surface area contributed by atoms with Gasteiger partial charge in [-0.05, 0) is 26.2 Å². The number of nitrogens with one attached hydrogen (secondary N) is 1. The first-order valence-electron chi connectivity index (χ1n) is 6.32. The van der Waals surface area contributed by atoms with Crippen LogP contribution in [0.2, 0.25) is 0 Å². The number of carbonyl (C=O) groups is 1. The molecule has 1 amide bonds. The van der Waals surface area contributed by atoms with E-state index in [4.69, 9.17) is 5.84 Å². The molecule has 2 rings (SSSR count). The molecular formula is C12H19N5O2. The lowest BCUT2D eigenvalue weighted by atomic mass is 9.98. The highest BCUT2D eigenvalue weighted by molar-refractivity contribution is 5.92. The first-order valence-corrected chi connectivity index (χ1v) is 6.32. The van der Waals surface area contributed by atoms with Gasteiger partial charge in [-0.1, -0.05) is 0 Å². The van der Waals surface area contributed by atoms with Crippen molar-refractivity contribution >= 4 is 11.7 Å². The van der Waals surface area contributed by atoms with E-state index in [1.807, 2.05) is 0 Å². The van der Waals surface area contributed by atoms with Gasteiger partial charge in [-0.25, -0.2) is 10.8 Å². The number of rotatable bonds is 2. The summed E-state index contributed by atoms with van der Waals surface area (Å²) in [7, 11) is 0. The van der Waals surface area contributed by atoms with Crippen LogP contribution < -0.4 is 11.3 Å². The summed E-state index contributed by atoms with van der Waals surface area (Å²) < 4.78 is 0. The molecule has 1 aliphatic heterocycles. The molecule has 7 heteroatoms. The fourth-order valence-electron chi connectivity index (χ4n) is 2.17. The van der Waals surface area contributed by atoms with Gasteiger partial charge in [-0.2, -0.15) is 0 Å². The summed E-state index contributed by atoms with van der Waals surface area (Å²) in [6.07, 6.45) is 4.92. The molecule has 4 N–H and O–H groups in total. The van der Waals surface area contributed by atoms with Crippen molar-refractivity contribution in [3.63, 3.8) is 0 Å². The van der Waals surface area contributed by atoms with E-state index in [-0.39, 0.29) is 11.6 Å². The second kappa shape index (κ2) is 5.50. The maximum atomic E-state index is 12.3. The topological polar surface area (TPSA) is 104 Å². The molecule has 1 aliphatic rings. The molecule has 0 aliphatic carbocycles. The number of nitrogens with zero attached hydrogens (tertiary/aromatic N) is 3. The fraction of sp³-hybridized carbons (Fsp3) is 0.583. The second-order valence-electron chi connectivity index (χ2n) is 5.08. The van der Waals surface area contributed by atoms with E-state index in [2.05, 4.69) is 15.4 Å². The van der Waals surface area contributed by atoms with E-state index >= 15 is 0 Å². The molecule has 2 heterocycles. The van der Waals surface area contributed by atoms with Crippen LogP contribution in [-0.4, -0.2) is 44.6 Å². The van der Waals surface area contributed by atoms with Crippen molar-refractivity contribution in [3.8, 4) is 0 Å². The van der Waals surface area contributed by atoms with Crippen LogP contribution in [0, 0.1) is 0 Å². The molecule has 1 unspecified atom stereocenters. The van der Waals surface area contributed by atoms with Gasteiger partial charge in [0.1, 0.15) is 5.69 Å². The summed E-state index contributed by atoms with van der Waals surface area (Å²) in [4.78, 5) is 22.0. The zero-order chi connectivity index (χ0) is 13.9. The predicted molar refractivity (Wildman–Crippen MR) is 70.2 cm³/mol. The lowest BCUT2D eigenvalue weighted by Gasteiger charge is -2.22. The smallest absolute Gasteiger partial charge is 0.274 e. The van der Waals surface area contributed by atoms with Gasteiger partial charge >= 0.3 is 0 Å². The van der Waals surface area contributed by atoms with Crippen molar-refractivity contribution in [1.82, 2.24) is 14.9 Å². The van der Waals surface area contributed by atoms with Crippen LogP contribution in [0.1, 0.15) is 36.7 Å². The number of aliphatic hydroxyl groups is 1. The third-order valence-corrected chi connectivity index (χ3v) is 3.35. The summed E-state index contributed by atoms with van der Waals surface area (Å²) in [5.74, 6) is 5.42. The molecule has 1 aromatic rings. The Bertz CT molecular complexity index is 463. The Morgan fingerprint density at radius 3 is 3.00 bits per heavy atom. The van der Waals surface area contributed by atoms with Crippen LogP contribution >= 0.6 is 0 Å². The summed E-state index contributed by atoms with van der Waals surface area (Å²) >= 11 is 0. The highest BCUT2D eigenvalue weighted by atomic mass is 16.3. The molecule has 1 saturated heterocycles. The van der Waals surface area contributed by atoms with E-state index in [1.54, 1.807) is 11.8 Å². The van der Waals surface area contributed by atoms with Crippen molar-refractivity contribution in [2.24, 2.45) is 5.84 Å².